The highest BCUT2D eigenvalue weighted by Crippen LogP contribution is 2.55. The number of methoxy groups -OCH3 is 1. The zero-order valence-electron chi connectivity index (χ0n) is 19.1. The van der Waals surface area contributed by atoms with E-state index in [1.165, 1.54) is 18.9 Å². The van der Waals surface area contributed by atoms with Crippen LogP contribution in [0.2, 0.25) is 0 Å². The molecular formula is C26H25N3O5. The molecule has 0 aromatic heterocycles. The van der Waals surface area contributed by atoms with Gasteiger partial charge in [0.05, 0.1) is 7.11 Å². The van der Waals surface area contributed by atoms with Crippen LogP contribution in [-0.2, 0) is 24.5 Å². The number of hydrogen-bond acceptors (Lipinski definition) is 5. The number of hydrogen-bond donors (Lipinski definition) is 2. The second-order valence-electron chi connectivity index (χ2n) is 8.53. The van der Waals surface area contributed by atoms with Crippen molar-refractivity contribution >= 4 is 29.4 Å². The van der Waals surface area contributed by atoms with Gasteiger partial charge in [0.15, 0.2) is 0 Å². The third-order valence-corrected chi connectivity index (χ3v) is 6.19. The summed E-state index contributed by atoms with van der Waals surface area (Å²) in [4.78, 5) is 50.3. The number of carbonyl (C=O) groups is 4. The summed E-state index contributed by atoms with van der Waals surface area (Å²) in [6, 6.07) is 13.0. The van der Waals surface area contributed by atoms with Gasteiger partial charge in [-0.25, -0.2) is 4.79 Å². The van der Waals surface area contributed by atoms with Crippen molar-refractivity contribution in [1.29, 1.82) is 0 Å². The van der Waals surface area contributed by atoms with Gasteiger partial charge in [-0.2, -0.15) is 0 Å². The maximum absolute atomic E-state index is 13.4. The lowest BCUT2D eigenvalue weighted by molar-refractivity contribution is -0.137. The fraction of sp³-hybridized carbons (Fsp3) is 0.231. The summed E-state index contributed by atoms with van der Waals surface area (Å²) in [5.41, 5.74) is 3.50. The first-order valence-corrected chi connectivity index (χ1v) is 10.8. The Morgan fingerprint density at radius 3 is 2.26 bits per heavy atom. The van der Waals surface area contributed by atoms with Crippen LogP contribution < -0.4 is 10.6 Å². The summed E-state index contributed by atoms with van der Waals surface area (Å²) in [6.45, 7) is 9.06. The molecule has 2 aromatic rings. The fourth-order valence-corrected chi connectivity index (χ4v) is 4.36. The van der Waals surface area contributed by atoms with E-state index in [0.29, 0.717) is 17.8 Å². The highest BCUT2D eigenvalue weighted by molar-refractivity contribution is 6.07. The zero-order chi connectivity index (χ0) is 24.6. The first-order chi connectivity index (χ1) is 16.2. The molecule has 0 radical (unpaired) electrons. The average molecular weight is 460 g/mol. The van der Waals surface area contributed by atoms with Crippen LogP contribution in [0.25, 0.3) is 11.1 Å². The number of ether oxygens (including phenoxy) is 1. The number of benzene rings is 2. The number of fused-ring (bicyclic) bond motifs is 2. The van der Waals surface area contributed by atoms with Gasteiger partial charge in [-0.3, -0.25) is 14.4 Å². The lowest BCUT2D eigenvalue weighted by Gasteiger charge is -2.36. The summed E-state index contributed by atoms with van der Waals surface area (Å²) in [5, 5.41) is 5.10. The summed E-state index contributed by atoms with van der Waals surface area (Å²) in [7, 11) is 1.18. The first-order valence-electron chi connectivity index (χ1n) is 10.8. The number of esters is 1. The first kappa shape index (κ1) is 23.0. The molecule has 2 aliphatic rings. The van der Waals surface area contributed by atoms with Gasteiger partial charge in [0, 0.05) is 30.1 Å². The molecule has 0 bridgehead atoms. The molecule has 1 saturated carbocycles. The van der Waals surface area contributed by atoms with Crippen LogP contribution in [0.15, 0.2) is 67.0 Å². The van der Waals surface area contributed by atoms with Crippen molar-refractivity contribution in [3.63, 3.8) is 0 Å². The Morgan fingerprint density at radius 1 is 1.03 bits per heavy atom. The highest BCUT2D eigenvalue weighted by Gasteiger charge is 2.53. The van der Waals surface area contributed by atoms with Crippen LogP contribution in [0.3, 0.4) is 0 Å². The van der Waals surface area contributed by atoms with Crippen molar-refractivity contribution in [2.75, 3.05) is 19.0 Å². The Balaban J connectivity index is 1.65. The minimum absolute atomic E-state index is 0.0583. The largest absolute Gasteiger partial charge is 0.464 e. The van der Waals surface area contributed by atoms with Crippen molar-refractivity contribution in [3.05, 3.63) is 78.1 Å². The van der Waals surface area contributed by atoms with Crippen LogP contribution >= 0.6 is 0 Å². The van der Waals surface area contributed by atoms with Crippen LogP contribution in [0, 0.1) is 0 Å². The zero-order valence-corrected chi connectivity index (χ0v) is 19.1. The smallest absolute Gasteiger partial charge is 0.353 e. The molecule has 1 aliphatic carbocycles. The molecular weight excluding hydrogens is 434 g/mol. The highest BCUT2D eigenvalue weighted by atomic mass is 16.5. The number of anilines is 1. The molecule has 4 rings (SSSR count). The summed E-state index contributed by atoms with van der Waals surface area (Å²) in [5.74, 6) is -1.93. The molecule has 1 heterocycles. The minimum Gasteiger partial charge on any atom is -0.464 e. The second-order valence-corrected chi connectivity index (χ2v) is 8.53. The summed E-state index contributed by atoms with van der Waals surface area (Å²) < 4.78 is 4.55. The van der Waals surface area contributed by atoms with Crippen molar-refractivity contribution < 1.29 is 23.9 Å². The predicted molar refractivity (Wildman–Crippen MR) is 127 cm³/mol. The van der Waals surface area contributed by atoms with Crippen molar-refractivity contribution in [1.82, 2.24) is 10.2 Å². The molecule has 8 nitrogen and oxygen atoms in total. The molecule has 8 heteroatoms. The van der Waals surface area contributed by atoms with Gasteiger partial charge in [0.1, 0.15) is 11.4 Å². The molecule has 0 atom stereocenters. The Labute approximate surface area is 197 Å². The van der Waals surface area contributed by atoms with Gasteiger partial charge >= 0.3 is 5.97 Å². The van der Waals surface area contributed by atoms with Gasteiger partial charge in [-0.1, -0.05) is 37.4 Å². The van der Waals surface area contributed by atoms with E-state index < -0.39 is 11.9 Å². The molecule has 0 unspecified atom stereocenters. The normalized spacial score (nSPS) is 15.2. The van der Waals surface area contributed by atoms with Crippen LogP contribution in [0.4, 0.5) is 5.69 Å². The monoisotopic (exact) mass is 459 g/mol. The molecule has 34 heavy (non-hydrogen) atoms. The molecule has 0 saturated heterocycles. The number of rotatable bonds is 6. The Morgan fingerprint density at radius 2 is 1.68 bits per heavy atom. The average Bonchev–Trinajstić information content (AvgIpc) is 3.60. The SMILES string of the molecule is C=C(NC(=O)C(=C)N1CC2(CC2)c2c(cccc2-c2ccc(NC(C)=O)cc2)C1=O)C(=O)OC. The molecule has 174 valence electrons. The van der Waals surface area contributed by atoms with E-state index in [2.05, 4.69) is 28.5 Å². The molecule has 2 N–H and O–H groups in total. The van der Waals surface area contributed by atoms with E-state index >= 15 is 0 Å². The maximum atomic E-state index is 13.4. The molecule has 3 amide bonds. The number of amides is 3. The third-order valence-electron chi connectivity index (χ3n) is 6.19. The molecule has 1 spiro atoms. The van der Waals surface area contributed by atoms with E-state index in [1.54, 1.807) is 6.07 Å². The molecule has 1 fully saturated rings. The van der Waals surface area contributed by atoms with Crippen LogP contribution in [0.1, 0.15) is 35.7 Å². The quantitative estimate of drug-likeness (QED) is 0.510. The van der Waals surface area contributed by atoms with Crippen LogP contribution in [0.5, 0.6) is 0 Å². The lowest BCUT2D eigenvalue weighted by atomic mass is 9.81. The molecule has 2 aromatic carbocycles. The predicted octanol–water partition coefficient (Wildman–Crippen LogP) is 3.12. The van der Waals surface area contributed by atoms with Crippen molar-refractivity contribution in [3.8, 4) is 11.1 Å². The Bertz CT molecular complexity index is 1240. The number of nitrogens with one attached hydrogen (secondary N) is 2. The van der Waals surface area contributed by atoms with Gasteiger partial charge in [0.2, 0.25) is 5.91 Å². The summed E-state index contributed by atoms with van der Waals surface area (Å²) >= 11 is 0. The third kappa shape index (κ3) is 4.10. The maximum Gasteiger partial charge on any atom is 0.353 e. The van der Waals surface area contributed by atoms with Crippen molar-refractivity contribution in [2.24, 2.45) is 0 Å². The van der Waals surface area contributed by atoms with Crippen LogP contribution in [-0.4, -0.2) is 42.2 Å². The van der Waals surface area contributed by atoms with Gasteiger partial charge in [0.25, 0.3) is 11.8 Å². The van der Waals surface area contributed by atoms with Gasteiger partial charge in [-0.15, -0.1) is 0 Å². The topological polar surface area (TPSA) is 105 Å². The number of nitrogens with zero attached hydrogens (tertiary/aromatic N) is 1. The minimum atomic E-state index is -0.774. The number of carbonyl (C=O) groups excluding carboxylic acids is 4. The van der Waals surface area contributed by atoms with Crippen molar-refractivity contribution in [2.45, 2.75) is 25.2 Å². The Hall–Kier alpha value is -4.20. The second kappa shape index (κ2) is 8.62. The van der Waals surface area contributed by atoms with E-state index in [9.17, 15) is 19.2 Å². The molecule has 1 aliphatic heterocycles. The standard InChI is InChI=1S/C26H25N3O5/c1-15(25(33)34-4)27-23(31)16(2)29-14-26(12-13-26)22-20(6-5-7-21(22)24(29)32)18-8-10-19(11-9-18)28-17(3)30/h5-11H,1-2,12-14H2,3-4H3,(H,27,31)(H,28,30). The van der Waals surface area contributed by atoms with E-state index in [0.717, 1.165) is 29.5 Å². The van der Waals surface area contributed by atoms with E-state index in [4.69, 9.17) is 0 Å². The van der Waals surface area contributed by atoms with E-state index in [1.807, 2.05) is 36.4 Å². The van der Waals surface area contributed by atoms with E-state index in [-0.39, 0.29) is 28.6 Å². The van der Waals surface area contributed by atoms with Gasteiger partial charge < -0.3 is 20.3 Å². The fourth-order valence-electron chi connectivity index (χ4n) is 4.36. The lowest BCUT2D eigenvalue weighted by Crippen LogP contribution is -2.46. The summed E-state index contributed by atoms with van der Waals surface area (Å²) in [6.07, 6.45) is 1.74. The Kier molecular flexibility index (Phi) is 5.83. The van der Waals surface area contributed by atoms with Gasteiger partial charge in [-0.05, 0) is 47.7 Å².